The van der Waals surface area contributed by atoms with Crippen LogP contribution in [0.2, 0.25) is 0 Å². The van der Waals surface area contributed by atoms with Gasteiger partial charge in [-0.25, -0.2) is 9.97 Å². The van der Waals surface area contributed by atoms with Crippen LogP contribution in [0.1, 0.15) is 18.9 Å². The number of benzene rings is 1. The molecular weight excluding hydrogens is 322 g/mol. The van der Waals surface area contributed by atoms with Crippen molar-refractivity contribution in [3.63, 3.8) is 0 Å². The zero-order valence-corrected chi connectivity index (χ0v) is 15.8. The van der Waals surface area contributed by atoms with Crippen LogP contribution < -0.4 is 4.90 Å². The minimum atomic E-state index is 0.450. The molecule has 0 radical (unpaired) electrons. The van der Waals surface area contributed by atoms with Gasteiger partial charge in [0.25, 0.3) is 0 Å². The van der Waals surface area contributed by atoms with Gasteiger partial charge in [-0.3, -0.25) is 4.90 Å². The highest BCUT2D eigenvalue weighted by atomic mass is 15.3. The van der Waals surface area contributed by atoms with Gasteiger partial charge in [0.05, 0.1) is 5.39 Å². The van der Waals surface area contributed by atoms with Crippen molar-refractivity contribution in [2.24, 2.45) is 13.0 Å². The van der Waals surface area contributed by atoms with E-state index in [9.17, 15) is 0 Å². The zero-order chi connectivity index (χ0) is 18.1. The highest BCUT2D eigenvalue weighted by Gasteiger charge is 2.30. The lowest BCUT2D eigenvalue weighted by Gasteiger charge is -2.42. The predicted octanol–water partition coefficient (Wildman–Crippen LogP) is 3.32. The molecule has 1 fully saturated rings. The van der Waals surface area contributed by atoms with Gasteiger partial charge in [0.1, 0.15) is 17.8 Å². The Kier molecular flexibility index (Phi) is 4.64. The third kappa shape index (κ3) is 3.19. The van der Waals surface area contributed by atoms with Crippen LogP contribution in [-0.2, 0) is 13.6 Å². The summed E-state index contributed by atoms with van der Waals surface area (Å²) in [7, 11) is 4.21. The SMILES string of the molecule is C[C@@H]1CCN(Cc2ccccc2)C[C@@H]1N(C)c1ncnc2c1ccn2C. The predicted molar refractivity (Wildman–Crippen MR) is 106 cm³/mol. The third-order valence-corrected chi connectivity index (χ3v) is 5.72. The number of aromatic nitrogens is 3. The molecule has 136 valence electrons. The molecule has 26 heavy (non-hydrogen) atoms. The molecule has 1 aromatic carbocycles. The molecule has 3 aromatic rings. The Labute approximate surface area is 155 Å². The Hall–Kier alpha value is -2.40. The normalized spacial score (nSPS) is 21.2. The fourth-order valence-corrected chi connectivity index (χ4v) is 4.11. The standard InChI is InChI=1S/C21H27N5/c1-16-9-12-26(13-17-7-5-4-6-8-17)14-19(16)25(3)21-18-10-11-24(2)20(18)22-15-23-21/h4-8,10-11,15-16,19H,9,12-14H2,1-3H3/t16-,19+/m1/s1. The minimum absolute atomic E-state index is 0.450. The number of likely N-dealkylation sites (tertiary alicyclic amines) is 1. The number of likely N-dealkylation sites (N-methyl/N-ethyl adjacent to an activating group) is 1. The van der Waals surface area contributed by atoms with Crippen LogP contribution in [0.4, 0.5) is 5.82 Å². The van der Waals surface area contributed by atoms with Gasteiger partial charge < -0.3 is 9.47 Å². The van der Waals surface area contributed by atoms with Crippen molar-refractivity contribution in [1.82, 2.24) is 19.4 Å². The van der Waals surface area contributed by atoms with Gasteiger partial charge in [-0.1, -0.05) is 37.3 Å². The first-order valence-corrected chi connectivity index (χ1v) is 9.38. The summed E-state index contributed by atoms with van der Waals surface area (Å²) in [6.45, 7) is 5.60. The first-order chi connectivity index (χ1) is 12.6. The van der Waals surface area contributed by atoms with Crippen molar-refractivity contribution in [2.45, 2.75) is 25.9 Å². The summed E-state index contributed by atoms with van der Waals surface area (Å²) >= 11 is 0. The number of anilines is 1. The fourth-order valence-electron chi connectivity index (χ4n) is 4.11. The van der Waals surface area contributed by atoms with E-state index in [4.69, 9.17) is 0 Å². The van der Waals surface area contributed by atoms with Gasteiger partial charge in [-0.15, -0.1) is 0 Å². The molecule has 5 nitrogen and oxygen atoms in total. The average Bonchev–Trinajstić information content (AvgIpc) is 3.05. The second-order valence-electron chi connectivity index (χ2n) is 7.53. The van der Waals surface area contributed by atoms with Gasteiger partial charge in [0.15, 0.2) is 0 Å². The number of fused-ring (bicyclic) bond motifs is 1. The van der Waals surface area contributed by atoms with E-state index in [0.29, 0.717) is 12.0 Å². The Morgan fingerprint density at radius 2 is 1.96 bits per heavy atom. The van der Waals surface area contributed by atoms with Crippen LogP contribution in [0.25, 0.3) is 11.0 Å². The summed E-state index contributed by atoms with van der Waals surface area (Å²) in [5.41, 5.74) is 2.38. The van der Waals surface area contributed by atoms with Crippen molar-refractivity contribution in [3.8, 4) is 0 Å². The molecule has 4 rings (SSSR count). The lowest BCUT2D eigenvalue weighted by molar-refractivity contribution is 0.159. The lowest BCUT2D eigenvalue weighted by Crippen LogP contribution is -2.50. The van der Waals surface area contributed by atoms with E-state index in [2.05, 4.69) is 80.9 Å². The Morgan fingerprint density at radius 1 is 1.15 bits per heavy atom. The Balaban J connectivity index is 1.56. The van der Waals surface area contributed by atoms with E-state index in [-0.39, 0.29) is 0 Å². The highest BCUT2D eigenvalue weighted by Crippen LogP contribution is 2.29. The summed E-state index contributed by atoms with van der Waals surface area (Å²) in [5, 5.41) is 1.13. The first kappa shape index (κ1) is 17.0. The van der Waals surface area contributed by atoms with Gasteiger partial charge in [0, 0.05) is 39.4 Å². The monoisotopic (exact) mass is 349 g/mol. The second-order valence-corrected chi connectivity index (χ2v) is 7.53. The average molecular weight is 349 g/mol. The van der Waals surface area contributed by atoms with Crippen molar-refractivity contribution in [2.75, 3.05) is 25.0 Å². The van der Waals surface area contributed by atoms with E-state index in [1.807, 2.05) is 7.05 Å². The Morgan fingerprint density at radius 3 is 2.77 bits per heavy atom. The summed E-state index contributed by atoms with van der Waals surface area (Å²) in [6, 6.07) is 13.3. The molecule has 0 unspecified atom stereocenters. The van der Waals surface area contributed by atoms with Crippen LogP contribution >= 0.6 is 0 Å². The fraction of sp³-hybridized carbons (Fsp3) is 0.429. The molecule has 1 saturated heterocycles. The minimum Gasteiger partial charge on any atom is -0.354 e. The lowest BCUT2D eigenvalue weighted by atomic mass is 9.92. The molecule has 2 aromatic heterocycles. The van der Waals surface area contributed by atoms with Crippen LogP contribution in [-0.4, -0.2) is 45.6 Å². The maximum atomic E-state index is 4.62. The molecule has 0 N–H and O–H groups in total. The van der Waals surface area contributed by atoms with Gasteiger partial charge in [0.2, 0.25) is 0 Å². The molecule has 0 saturated carbocycles. The van der Waals surface area contributed by atoms with Crippen molar-refractivity contribution < 1.29 is 0 Å². The van der Waals surface area contributed by atoms with Crippen molar-refractivity contribution >= 4 is 16.9 Å². The van der Waals surface area contributed by atoms with Gasteiger partial charge in [-0.05, 0) is 30.5 Å². The van der Waals surface area contributed by atoms with E-state index in [1.54, 1.807) is 6.33 Å². The zero-order valence-electron chi connectivity index (χ0n) is 15.8. The number of hydrogen-bond donors (Lipinski definition) is 0. The molecule has 1 aliphatic rings. The third-order valence-electron chi connectivity index (χ3n) is 5.72. The topological polar surface area (TPSA) is 37.2 Å². The number of hydrogen-bond acceptors (Lipinski definition) is 4. The van der Waals surface area contributed by atoms with E-state index < -0.39 is 0 Å². The molecule has 0 spiro atoms. The summed E-state index contributed by atoms with van der Waals surface area (Å²) in [5.74, 6) is 1.68. The van der Waals surface area contributed by atoms with Crippen LogP contribution in [0, 0.1) is 5.92 Å². The second kappa shape index (κ2) is 7.08. The largest absolute Gasteiger partial charge is 0.354 e. The Bertz CT molecular complexity index is 872. The molecule has 0 bridgehead atoms. The van der Waals surface area contributed by atoms with Crippen LogP contribution in [0.3, 0.4) is 0 Å². The molecule has 3 heterocycles. The van der Waals surface area contributed by atoms with E-state index in [1.165, 1.54) is 12.0 Å². The van der Waals surface area contributed by atoms with Crippen molar-refractivity contribution in [1.29, 1.82) is 0 Å². The number of piperidine rings is 1. The van der Waals surface area contributed by atoms with Crippen LogP contribution in [0.15, 0.2) is 48.9 Å². The molecule has 0 amide bonds. The van der Waals surface area contributed by atoms with Crippen molar-refractivity contribution in [3.05, 3.63) is 54.5 Å². The maximum absolute atomic E-state index is 4.62. The maximum Gasteiger partial charge on any atom is 0.145 e. The quantitative estimate of drug-likeness (QED) is 0.724. The summed E-state index contributed by atoms with van der Waals surface area (Å²) in [4.78, 5) is 14.0. The van der Waals surface area contributed by atoms with Gasteiger partial charge >= 0.3 is 0 Å². The molecule has 2 atom stereocenters. The molecule has 5 heteroatoms. The molecule has 0 aliphatic carbocycles. The number of rotatable bonds is 4. The van der Waals surface area contributed by atoms with E-state index in [0.717, 1.165) is 36.5 Å². The summed E-state index contributed by atoms with van der Waals surface area (Å²) < 4.78 is 2.06. The smallest absolute Gasteiger partial charge is 0.145 e. The highest BCUT2D eigenvalue weighted by molar-refractivity contribution is 5.87. The van der Waals surface area contributed by atoms with E-state index >= 15 is 0 Å². The number of nitrogens with zero attached hydrogens (tertiary/aromatic N) is 5. The first-order valence-electron chi connectivity index (χ1n) is 9.38. The molecule has 1 aliphatic heterocycles. The summed E-state index contributed by atoms with van der Waals surface area (Å²) in [6.07, 6.45) is 4.96. The van der Waals surface area contributed by atoms with Gasteiger partial charge in [-0.2, -0.15) is 0 Å². The van der Waals surface area contributed by atoms with Crippen LogP contribution in [0.5, 0.6) is 0 Å². The number of aryl methyl sites for hydroxylation is 1. The molecular formula is C21H27N5.